The zero-order chi connectivity index (χ0) is 19.6. The van der Waals surface area contributed by atoms with E-state index in [-0.39, 0.29) is 30.3 Å². The van der Waals surface area contributed by atoms with Crippen LogP contribution >= 0.6 is 0 Å². The number of carbonyl (C=O) groups excluding carboxylic acids is 2. The number of allylic oxidation sites excluding steroid dienone is 2. The van der Waals surface area contributed by atoms with E-state index in [0.717, 1.165) is 19.3 Å². The molecule has 4 nitrogen and oxygen atoms in total. The molecule has 0 aliphatic heterocycles. The van der Waals surface area contributed by atoms with E-state index in [2.05, 4.69) is 41.7 Å². The van der Waals surface area contributed by atoms with Gasteiger partial charge in [0, 0.05) is 12.5 Å². The highest BCUT2D eigenvalue weighted by molar-refractivity contribution is 5.80. The summed E-state index contributed by atoms with van der Waals surface area (Å²) in [5.74, 6) is -0.0965. The van der Waals surface area contributed by atoms with E-state index < -0.39 is 0 Å². The van der Waals surface area contributed by atoms with Gasteiger partial charge in [0.25, 0.3) is 5.91 Å². The second-order valence-corrected chi connectivity index (χ2v) is 7.14. The van der Waals surface area contributed by atoms with Gasteiger partial charge in [0.05, 0.1) is 6.42 Å². The average Bonchev–Trinajstić information content (AvgIpc) is 3.24. The largest absolute Gasteiger partial charge is 0.456 e. The van der Waals surface area contributed by atoms with Crippen molar-refractivity contribution in [3.63, 3.8) is 0 Å². The van der Waals surface area contributed by atoms with E-state index in [9.17, 15) is 9.59 Å². The number of carbonyl (C=O) groups is 2. The van der Waals surface area contributed by atoms with Crippen LogP contribution in [0, 0.1) is 5.92 Å². The Morgan fingerprint density at radius 2 is 1.64 bits per heavy atom. The maximum atomic E-state index is 12.0. The van der Waals surface area contributed by atoms with Crippen molar-refractivity contribution in [2.75, 3.05) is 13.2 Å². The van der Waals surface area contributed by atoms with Crippen LogP contribution in [0.15, 0.2) is 72.8 Å². The molecule has 0 unspecified atom stereocenters. The van der Waals surface area contributed by atoms with Crippen LogP contribution in [0.1, 0.15) is 42.7 Å². The Bertz CT molecular complexity index is 747. The number of ether oxygens (including phenoxy) is 1. The normalized spacial score (nSPS) is 15.5. The SMILES string of the molecule is O=C(COC(=O)C[C@H]1C=CCC1)NCCC(c1ccccc1)c1ccccc1. The second-order valence-electron chi connectivity index (χ2n) is 7.14. The molecule has 1 aliphatic rings. The van der Waals surface area contributed by atoms with E-state index in [0.29, 0.717) is 13.0 Å². The maximum Gasteiger partial charge on any atom is 0.306 e. The summed E-state index contributed by atoms with van der Waals surface area (Å²) in [5, 5.41) is 2.87. The zero-order valence-corrected chi connectivity index (χ0v) is 16.1. The Morgan fingerprint density at radius 3 is 2.21 bits per heavy atom. The highest BCUT2D eigenvalue weighted by Crippen LogP contribution is 2.27. The molecule has 2 aromatic carbocycles. The molecule has 4 heteroatoms. The Hall–Kier alpha value is -2.88. The summed E-state index contributed by atoms with van der Waals surface area (Å²) in [5.41, 5.74) is 2.44. The van der Waals surface area contributed by atoms with Crippen LogP contribution in [-0.2, 0) is 14.3 Å². The Morgan fingerprint density at radius 1 is 1.00 bits per heavy atom. The van der Waals surface area contributed by atoms with Gasteiger partial charge in [-0.25, -0.2) is 0 Å². The molecule has 0 radical (unpaired) electrons. The van der Waals surface area contributed by atoms with Crippen LogP contribution in [0.2, 0.25) is 0 Å². The van der Waals surface area contributed by atoms with Crippen LogP contribution in [0.3, 0.4) is 0 Å². The predicted molar refractivity (Wildman–Crippen MR) is 110 cm³/mol. The number of esters is 1. The fraction of sp³-hybridized carbons (Fsp3) is 0.333. The molecule has 0 aromatic heterocycles. The molecule has 0 heterocycles. The van der Waals surface area contributed by atoms with E-state index >= 15 is 0 Å². The lowest BCUT2D eigenvalue weighted by Crippen LogP contribution is -2.30. The minimum absolute atomic E-state index is 0.208. The van der Waals surface area contributed by atoms with Crippen molar-refractivity contribution in [1.82, 2.24) is 5.32 Å². The van der Waals surface area contributed by atoms with Gasteiger partial charge in [-0.05, 0) is 36.3 Å². The van der Waals surface area contributed by atoms with Gasteiger partial charge >= 0.3 is 5.97 Å². The smallest absolute Gasteiger partial charge is 0.306 e. The fourth-order valence-corrected chi connectivity index (χ4v) is 3.59. The number of rotatable bonds is 9. The second kappa shape index (κ2) is 10.5. The summed E-state index contributed by atoms with van der Waals surface area (Å²) < 4.78 is 5.11. The molecule has 1 aliphatic carbocycles. The van der Waals surface area contributed by atoms with Gasteiger partial charge in [-0.2, -0.15) is 0 Å². The first kappa shape index (κ1) is 19.9. The zero-order valence-electron chi connectivity index (χ0n) is 16.1. The van der Waals surface area contributed by atoms with Crippen molar-refractivity contribution in [1.29, 1.82) is 0 Å². The molecule has 1 atom stereocenters. The van der Waals surface area contributed by atoms with Gasteiger partial charge < -0.3 is 10.1 Å². The maximum absolute atomic E-state index is 12.0. The highest BCUT2D eigenvalue weighted by Gasteiger charge is 2.17. The van der Waals surface area contributed by atoms with Crippen LogP contribution in [0.5, 0.6) is 0 Å². The van der Waals surface area contributed by atoms with Gasteiger partial charge in [0.1, 0.15) is 0 Å². The minimum atomic E-state index is -0.307. The van der Waals surface area contributed by atoms with Crippen LogP contribution in [-0.4, -0.2) is 25.0 Å². The molecule has 146 valence electrons. The van der Waals surface area contributed by atoms with Crippen LogP contribution in [0.25, 0.3) is 0 Å². The van der Waals surface area contributed by atoms with Crippen molar-refractivity contribution in [2.45, 2.75) is 31.6 Å². The lowest BCUT2D eigenvalue weighted by atomic mass is 9.88. The quantitative estimate of drug-likeness (QED) is 0.526. The number of benzene rings is 2. The minimum Gasteiger partial charge on any atom is -0.456 e. The fourth-order valence-electron chi connectivity index (χ4n) is 3.59. The topological polar surface area (TPSA) is 55.4 Å². The van der Waals surface area contributed by atoms with Gasteiger partial charge in [-0.1, -0.05) is 72.8 Å². The van der Waals surface area contributed by atoms with Crippen LogP contribution in [0.4, 0.5) is 0 Å². The standard InChI is InChI=1S/C24H27NO3/c26-23(18-28-24(27)17-19-9-7-8-10-19)25-16-15-22(20-11-3-1-4-12-20)21-13-5-2-6-14-21/h1-7,9,11-14,19,22H,8,10,15-18H2,(H,25,26)/t19-/m0/s1. The molecule has 3 rings (SSSR count). The summed E-state index contributed by atoms with van der Waals surface area (Å²) in [6, 6.07) is 20.6. The van der Waals surface area contributed by atoms with Crippen LogP contribution < -0.4 is 5.32 Å². The molecule has 2 aromatic rings. The van der Waals surface area contributed by atoms with Gasteiger partial charge in [-0.3, -0.25) is 9.59 Å². The Kier molecular flexibility index (Phi) is 7.42. The predicted octanol–water partition coefficient (Wildman–Crippen LogP) is 4.22. The van der Waals surface area contributed by atoms with E-state index in [1.165, 1.54) is 11.1 Å². The Labute approximate surface area is 166 Å². The van der Waals surface area contributed by atoms with E-state index in [4.69, 9.17) is 4.74 Å². The van der Waals surface area contributed by atoms with E-state index in [1.807, 2.05) is 36.4 Å². The van der Waals surface area contributed by atoms with Crippen molar-refractivity contribution in [3.05, 3.63) is 83.9 Å². The highest BCUT2D eigenvalue weighted by atomic mass is 16.5. The van der Waals surface area contributed by atoms with Gasteiger partial charge in [0.15, 0.2) is 6.61 Å². The summed E-state index contributed by atoms with van der Waals surface area (Å²) in [6.45, 7) is 0.312. The number of hydrogen-bond donors (Lipinski definition) is 1. The number of amides is 1. The first-order valence-corrected chi connectivity index (χ1v) is 9.91. The molecule has 1 N–H and O–H groups in total. The van der Waals surface area contributed by atoms with E-state index in [1.54, 1.807) is 0 Å². The molecular formula is C24H27NO3. The third kappa shape index (κ3) is 6.08. The van der Waals surface area contributed by atoms with Crippen molar-refractivity contribution in [2.24, 2.45) is 5.92 Å². The molecular weight excluding hydrogens is 350 g/mol. The molecule has 1 amide bonds. The summed E-state index contributed by atoms with van der Waals surface area (Å²) >= 11 is 0. The lowest BCUT2D eigenvalue weighted by Gasteiger charge is -2.18. The summed E-state index contributed by atoms with van der Waals surface area (Å²) in [7, 11) is 0. The average molecular weight is 377 g/mol. The molecule has 0 bridgehead atoms. The molecule has 0 saturated heterocycles. The summed E-state index contributed by atoms with van der Waals surface area (Å²) in [6.07, 6.45) is 7.27. The van der Waals surface area contributed by atoms with Crippen molar-refractivity contribution in [3.8, 4) is 0 Å². The lowest BCUT2D eigenvalue weighted by molar-refractivity contribution is -0.149. The van der Waals surface area contributed by atoms with Crippen molar-refractivity contribution < 1.29 is 14.3 Å². The molecule has 28 heavy (non-hydrogen) atoms. The summed E-state index contributed by atoms with van der Waals surface area (Å²) in [4.78, 5) is 23.9. The molecule has 0 spiro atoms. The number of hydrogen-bond acceptors (Lipinski definition) is 3. The third-order valence-electron chi connectivity index (χ3n) is 5.06. The molecule has 0 fully saturated rings. The van der Waals surface area contributed by atoms with Gasteiger partial charge in [0.2, 0.25) is 0 Å². The number of nitrogens with one attached hydrogen (secondary N) is 1. The third-order valence-corrected chi connectivity index (χ3v) is 5.06. The first-order valence-electron chi connectivity index (χ1n) is 9.91. The van der Waals surface area contributed by atoms with Crippen molar-refractivity contribution >= 4 is 11.9 Å². The monoisotopic (exact) mass is 377 g/mol. The molecule has 0 saturated carbocycles. The Balaban J connectivity index is 1.45. The van der Waals surface area contributed by atoms with Gasteiger partial charge in [-0.15, -0.1) is 0 Å². The first-order chi connectivity index (χ1) is 13.7.